The van der Waals surface area contributed by atoms with E-state index in [4.69, 9.17) is 9.79 Å². The summed E-state index contributed by atoms with van der Waals surface area (Å²) < 4.78 is 14.7. The van der Waals surface area contributed by atoms with Gasteiger partial charge in [0.1, 0.15) is 0 Å². The molecule has 4 N–H and O–H groups in total. The largest absolute Gasteiger partial charge is 0.469 e. The van der Waals surface area contributed by atoms with Gasteiger partial charge in [-0.25, -0.2) is 4.57 Å². The van der Waals surface area contributed by atoms with Crippen LogP contribution in [0.5, 0.6) is 0 Å². The van der Waals surface area contributed by atoms with Crippen molar-refractivity contribution < 1.29 is 28.8 Å². The van der Waals surface area contributed by atoms with Gasteiger partial charge in [0.2, 0.25) is 5.91 Å². The standard InChI is InChI=1S/C21H42NO6P/c1-2-3-4-5-6-7-8-9-10-11-12-13-14-15-16-17-21(24)22-18-20(23)19-28-29(25,26)27/h11-12,20,23H,2-10,13-19H2,1H3,(H,22,24)(H2,25,26,27)/b12-11-. The monoisotopic (exact) mass is 435 g/mol. The molecule has 1 amide bonds. The number of nitrogens with one attached hydrogen (secondary N) is 1. The Bertz CT molecular complexity index is 466. The Balaban J connectivity index is 3.39. The van der Waals surface area contributed by atoms with E-state index in [0.29, 0.717) is 6.42 Å². The molecule has 0 aromatic rings. The maximum atomic E-state index is 11.7. The van der Waals surface area contributed by atoms with Crippen molar-refractivity contribution in [2.45, 2.75) is 103 Å². The molecule has 0 aliphatic heterocycles. The summed E-state index contributed by atoms with van der Waals surface area (Å²) >= 11 is 0. The predicted molar refractivity (Wildman–Crippen MR) is 116 cm³/mol. The van der Waals surface area contributed by atoms with Crippen molar-refractivity contribution in [1.82, 2.24) is 5.32 Å². The lowest BCUT2D eigenvalue weighted by atomic mass is 10.1. The molecule has 0 aromatic carbocycles. The molecule has 0 fully saturated rings. The maximum Gasteiger partial charge on any atom is 0.469 e. The molecule has 8 heteroatoms. The highest BCUT2D eigenvalue weighted by molar-refractivity contribution is 7.46. The zero-order chi connectivity index (χ0) is 21.8. The number of hydrogen-bond acceptors (Lipinski definition) is 4. The molecule has 7 nitrogen and oxygen atoms in total. The van der Waals surface area contributed by atoms with Crippen LogP contribution in [0, 0.1) is 0 Å². The second kappa shape index (κ2) is 19.3. The minimum Gasteiger partial charge on any atom is -0.389 e. The normalized spacial score (nSPS) is 13.1. The Kier molecular flexibility index (Phi) is 18.8. The van der Waals surface area contributed by atoms with E-state index in [0.717, 1.165) is 32.1 Å². The highest BCUT2D eigenvalue weighted by Gasteiger charge is 2.17. The smallest absolute Gasteiger partial charge is 0.389 e. The number of aliphatic hydroxyl groups excluding tert-OH is 1. The van der Waals surface area contributed by atoms with Gasteiger partial charge >= 0.3 is 7.82 Å². The van der Waals surface area contributed by atoms with E-state index < -0.39 is 20.5 Å². The van der Waals surface area contributed by atoms with E-state index in [1.807, 2.05) is 0 Å². The molecule has 29 heavy (non-hydrogen) atoms. The quantitative estimate of drug-likeness (QED) is 0.126. The number of rotatable bonds is 20. The zero-order valence-corrected chi connectivity index (χ0v) is 19.0. The van der Waals surface area contributed by atoms with E-state index in [1.54, 1.807) is 0 Å². The van der Waals surface area contributed by atoms with Crippen molar-refractivity contribution in [2.75, 3.05) is 13.2 Å². The number of phosphoric acid groups is 1. The molecule has 0 aliphatic rings. The Morgan fingerprint density at radius 2 is 1.45 bits per heavy atom. The van der Waals surface area contributed by atoms with Crippen LogP contribution < -0.4 is 5.32 Å². The number of unbranched alkanes of at least 4 members (excludes halogenated alkanes) is 11. The average Bonchev–Trinajstić information content (AvgIpc) is 2.67. The van der Waals surface area contributed by atoms with Crippen LogP contribution in [0.25, 0.3) is 0 Å². The second-order valence-electron chi connectivity index (χ2n) is 7.58. The van der Waals surface area contributed by atoms with Crippen molar-refractivity contribution in [3.63, 3.8) is 0 Å². The lowest BCUT2D eigenvalue weighted by molar-refractivity contribution is -0.121. The first-order valence-electron chi connectivity index (χ1n) is 11.1. The molecule has 0 bridgehead atoms. The summed E-state index contributed by atoms with van der Waals surface area (Å²) in [4.78, 5) is 28.7. The Morgan fingerprint density at radius 1 is 0.931 bits per heavy atom. The van der Waals surface area contributed by atoms with E-state index in [9.17, 15) is 14.5 Å². The highest BCUT2D eigenvalue weighted by atomic mass is 31.2. The summed E-state index contributed by atoms with van der Waals surface area (Å²) in [5.74, 6) is -0.175. The Morgan fingerprint density at radius 3 is 2.00 bits per heavy atom. The Labute approximate surface area is 176 Å². The van der Waals surface area contributed by atoms with Gasteiger partial charge in [-0.3, -0.25) is 9.32 Å². The van der Waals surface area contributed by atoms with Crippen LogP contribution in [0.4, 0.5) is 0 Å². The number of hydrogen-bond donors (Lipinski definition) is 4. The van der Waals surface area contributed by atoms with E-state index in [-0.39, 0.29) is 12.5 Å². The van der Waals surface area contributed by atoms with Crippen molar-refractivity contribution in [2.24, 2.45) is 0 Å². The maximum absolute atomic E-state index is 11.7. The topological polar surface area (TPSA) is 116 Å². The molecular formula is C21H42NO6P. The fourth-order valence-electron chi connectivity index (χ4n) is 2.92. The molecule has 0 saturated heterocycles. The number of aliphatic hydroxyl groups is 1. The molecule has 0 rings (SSSR count). The average molecular weight is 436 g/mol. The van der Waals surface area contributed by atoms with Crippen LogP contribution >= 0.6 is 7.82 Å². The SMILES string of the molecule is CCCCCCCCCC/C=C\CCCCCC(=O)NCC(O)COP(=O)(O)O. The van der Waals surface area contributed by atoms with Gasteiger partial charge in [0.15, 0.2) is 0 Å². The minimum atomic E-state index is -4.59. The predicted octanol–water partition coefficient (Wildman–Crippen LogP) is 4.61. The molecule has 0 spiro atoms. The molecule has 0 aromatic heterocycles. The number of allylic oxidation sites excluding steroid dienone is 2. The molecule has 0 aliphatic carbocycles. The summed E-state index contributed by atoms with van der Waals surface area (Å²) in [7, 11) is -4.59. The summed E-state index contributed by atoms with van der Waals surface area (Å²) in [6.07, 6.45) is 19.5. The molecule has 0 radical (unpaired) electrons. The van der Waals surface area contributed by atoms with Crippen molar-refractivity contribution >= 4 is 13.7 Å². The van der Waals surface area contributed by atoms with Crippen molar-refractivity contribution in [3.8, 4) is 0 Å². The molecule has 1 unspecified atom stereocenters. The van der Waals surface area contributed by atoms with Crippen molar-refractivity contribution in [1.29, 1.82) is 0 Å². The fraction of sp³-hybridized carbons (Fsp3) is 0.857. The molecule has 0 saturated carbocycles. The van der Waals surface area contributed by atoms with Gasteiger partial charge in [-0.2, -0.15) is 0 Å². The highest BCUT2D eigenvalue weighted by Crippen LogP contribution is 2.35. The Hall–Kier alpha value is -0.720. The van der Waals surface area contributed by atoms with Gasteiger partial charge in [0, 0.05) is 13.0 Å². The number of carbonyl (C=O) groups excluding carboxylic acids is 1. The van der Waals surface area contributed by atoms with Crippen LogP contribution in [0.1, 0.15) is 96.8 Å². The van der Waals surface area contributed by atoms with Gasteiger partial charge < -0.3 is 20.2 Å². The fourth-order valence-corrected chi connectivity index (χ4v) is 3.28. The second-order valence-corrected chi connectivity index (χ2v) is 8.82. The van der Waals surface area contributed by atoms with Crippen LogP contribution in [0.2, 0.25) is 0 Å². The van der Waals surface area contributed by atoms with Gasteiger partial charge in [0.05, 0.1) is 12.7 Å². The lowest BCUT2D eigenvalue weighted by Gasteiger charge is -2.12. The third-order valence-electron chi connectivity index (χ3n) is 4.64. The van der Waals surface area contributed by atoms with Crippen LogP contribution in [0.3, 0.4) is 0 Å². The third-order valence-corrected chi connectivity index (χ3v) is 5.12. The minimum absolute atomic E-state index is 0.0830. The zero-order valence-electron chi connectivity index (χ0n) is 18.1. The first-order valence-corrected chi connectivity index (χ1v) is 12.7. The molecular weight excluding hydrogens is 393 g/mol. The molecule has 1 atom stereocenters. The summed E-state index contributed by atoms with van der Waals surface area (Å²) in [5, 5.41) is 12.0. The van der Waals surface area contributed by atoms with Gasteiger partial charge in [-0.05, 0) is 32.1 Å². The summed E-state index contributed by atoms with van der Waals surface area (Å²) in [5.41, 5.74) is 0. The molecule has 172 valence electrons. The van der Waals surface area contributed by atoms with Gasteiger partial charge in [0.25, 0.3) is 0 Å². The lowest BCUT2D eigenvalue weighted by Crippen LogP contribution is -2.34. The number of phosphoric ester groups is 1. The van der Waals surface area contributed by atoms with Crippen molar-refractivity contribution in [3.05, 3.63) is 12.2 Å². The first kappa shape index (κ1) is 28.3. The van der Waals surface area contributed by atoms with Gasteiger partial charge in [-0.15, -0.1) is 0 Å². The van der Waals surface area contributed by atoms with Crippen LogP contribution in [-0.4, -0.2) is 40.1 Å². The third kappa shape index (κ3) is 23.4. The molecule has 0 heterocycles. The van der Waals surface area contributed by atoms with Crippen LogP contribution in [0.15, 0.2) is 12.2 Å². The van der Waals surface area contributed by atoms with E-state index in [1.165, 1.54) is 51.4 Å². The number of amides is 1. The first-order chi connectivity index (χ1) is 13.8. The summed E-state index contributed by atoms with van der Waals surface area (Å²) in [6, 6.07) is 0. The van der Waals surface area contributed by atoms with Crippen LogP contribution in [-0.2, 0) is 13.9 Å². The van der Waals surface area contributed by atoms with E-state index >= 15 is 0 Å². The van der Waals surface area contributed by atoms with Gasteiger partial charge in [-0.1, -0.05) is 70.4 Å². The number of carbonyl (C=O) groups is 1. The summed E-state index contributed by atoms with van der Waals surface area (Å²) in [6.45, 7) is 1.65. The van der Waals surface area contributed by atoms with E-state index in [2.05, 4.69) is 28.9 Å².